The van der Waals surface area contributed by atoms with Gasteiger partial charge in [-0.15, -0.1) is 0 Å². The summed E-state index contributed by atoms with van der Waals surface area (Å²) >= 11 is 1.96. The summed E-state index contributed by atoms with van der Waals surface area (Å²) in [5, 5.41) is 12.7. The Labute approximate surface area is 113 Å². The second-order valence-electron chi connectivity index (χ2n) is 5.33. The highest BCUT2D eigenvalue weighted by atomic mass is 32.2. The van der Waals surface area contributed by atoms with Crippen LogP contribution in [0.4, 0.5) is 0 Å². The Morgan fingerprint density at radius 1 is 1.44 bits per heavy atom. The van der Waals surface area contributed by atoms with Crippen molar-refractivity contribution >= 4 is 17.7 Å². The Morgan fingerprint density at radius 2 is 2.17 bits per heavy atom. The third-order valence-corrected chi connectivity index (χ3v) is 5.07. The first kappa shape index (κ1) is 14.2. The molecule has 1 heterocycles. The van der Waals surface area contributed by atoms with Gasteiger partial charge in [0, 0.05) is 37.1 Å². The lowest BCUT2D eigenvalue weighted by atomic mass is 10.1. The van der Waals surface area contributed by atoms with E-state index < -0.39 is 0 Å². The lowest BCUT2D eigenvalue weighted by molar-refractivity contribution is -0.126. The number of carbonyl (C=O) groups excluding carboxylic acids is 1. The van der Waals surface area contributed by atoms with E-state index in [0.717, 1.165) is 43.9 Å². The molecule has 4 nitrogen and oxygen atoms in total. The van der Waals surface area contributed by atoms with Gasteiger partial charge in [-0.05, 0) is 19.8 Å². The Hall–Kier alpha value is -0.260. The third kappa shape index (κ3) is 3.62. The molecule has 2 rings (SSSR count). The molecule has 2 aliphatic rings. The van der Waals surface area contributed by atoms with Gasteiger partial charge < -0.3 is 10.4 Å². The number of nitrogens with zero attached hydrogens (tertiary/aromatic N) is 1. The molecule has 3 unspecified atom stereocenters. The van der Waals surface area contributed by atoms with E-state index >= 15 is 0 Å². The molecular weight excluding hydrogens is 248 g/mol. The van der Waals surface area contributed by atoms with Crippen molar-refractivity contribution in [1.29, 1.82) is 0 Å². The van der Waals surface area contributed by atoms with Gasteiger partial charge in [0.2, 0.25) is 5.91 Å². The first-order valence-electron chi connectivity index (χ1n) is 6.96. The second kappa shape index (κ2) is 6.78. The van der Waals surface area contributed by atoms with Crippen molar-refractivity contribution in [2.45, 2.75) is 38.3 Å². The fourth-order valence-electron chi connectivity index (χ4n) is 2.77. The van der Waals surface area contributed by atoms with E-state index in [9.17, 15) is 9.90 Å². The lowest BCUT2D eigenvalue weighted by Gasteiger charge is -2.31. The molecule has 0 aromatic carbocycles. The van der Waals surface area contributed by atoms with Crippen LogP contribution in [0.3, 0.4) is 0 Å². The molecule has 1 saturated carbocycles. The van der Waals surface area contributed by atoms with E-state index in [1.165, 1.54) is 0 Å². The van der Waals surface area contributed by atoms with Crippen LogP contribution < -0.4 is 5.32 Å². The van der Waals surface area contributed by atoms with E-state index in [4.69, 9.17) is 0 Å². The molecule has 2 N–H and O–H groups in total. The molecule has 1 aliphatic carbocycles. The molecule has 0 aromatic rings. The summed E-state index contributed by atoms with van der Waals surface area (Å²) in [7, 11) is 0. The SMILES string of the molecule is CC(C(=O)NCC1CCCC1O)N1CCSCC1. The van der Waals surface area contributed by atoms with Crippen LogP contribution in [0, 0.1) is 5.92 Å². The number of hydrogen-bond donors (Lipinski definition) is 2. The normalized spacial score (nSPS) is 31.2. The number of aliphatic hydroxyl groups is 1. The molecule has 104 valence electrons. The maximum Gasteiger partial charge on any atom is 0.237 e. The van der Waals surface area contributed by atoms with Gasteiger partial charge in [0.05, 0.1) is 12.1 Å². The van der Waals surface area contributed by atoms with Crippen molar-refractivity contribution in [2.75, 3.05) is 31.1 Å². The molecule has 5 heteroatoms. The van der Waals surface area contributed by atoms with Crippen molar-refractivity contribution < 1.29 is 9.90 Å². The largest absolute Gasteiger partial charge is 0.393 e. The molecule has 0 bridgehead atoms. The van der Waals surface area contributed by atoms with Crippen molar-refractivity contribution in [2.24, 2.45) is 5.92 Å². The summed E-state index contributed by atoms with van der Waals surface area (Å²) in [6, 6.07) is -0.0376. The molecule has 0 aromatic heterocycles. The molecule has 18 heavy (non-hydrogen) atoms. The van der Waals surface area contributed by atoms with Crippen LogP contribution >= 0.6 is 11.8 Å². The molecule has 1 saturated heterocycles. The summed E-state index contributed by atoms with van der Waals surface area (Å²) < 4.78 is 0. The third-order valence-electron chi connectivity index (χ3n) is 4.13. The van der Waals surface area contributed by atoms with Gasteiger partial charge in [0.25, 0.3) is 0 Å². The summed E-state index contributed by atoms with van der Waals surface area (Å²) in [6.07, 6.45) is 2.79. The minimum absolute atomic E-state index is 0.0376. The van der Waals surface area contributed by atoms with Crippen molar-refractivity contribution in [3.8, 4) is 0 Å². The number of amides is 1. The van der Waals surface area contributed by atoms with E-state index in [-0.39, 0.29) is 24.0 Å². The zero-order valence-corrected chi connectivity index (χ0v) is 11.9. The van der Waals surface area contributed by atoms with Gasteiger partial charge in [-0.1, -0.05) is 6.42 Å². The maximum absolute atomic E-state index is 12.1. The highest BCUT2D eigenvalue weighted by molar-refractivity contribution is 7.99. The maximum atomic E-state index is 12.1. The fraction of sp³-hybridized carbons (Fsp3) is 0.923. The molecule has 0 spiro atoms. The van der Waals surface area contributed by atoms with Gasteiger partial charge in [0.15, 0.2) is 0 Å². The number of carbonyl (C=O) groups is 1. The van der Waals surface area contributed by atoms with Crippen LogP contribution in [0.15, 0.2) is 0 Å². The van der Waals surface area contributed by atoms with Crippen LogP contribution in [0.25, 0.3) is 0 Å². The minimum Gasteiger partial charge on any atom is -0.393 e. The van der Waals surface area contributed by atoms with Gasteiger partial charge in [-0.2, -0.15) is 11.8 Å². The number of nitrogens with one attached hydrogen (secondary N) is 1. The Bertz CT molecular complexity index is 282. The minimum atomic E-state index is -0.216. The quantitative estimate of drug-likeness (QED) is 0.791. The van der Waals surface area contributed by atoms with Crippen molar-refractivity contribution in [3.63, 3.8) is 0 Å². The van der Waals surface area contributed by atoms with Crippen LogP contribution in [-0.4, -0.2) is 59.2 Å². The summed E-state index contributed by atoms with van der Waals surface area (Å²) in [5.41, 5.74) is 0. The average molecular weight is 272 g/mol. The average Bonchev–Trinajstić information content (AvgIpc) is 2.81. The molecule has 0 radical (unpaired) electrons. The van der Waals surface area contributed by atoms with E-state index in [1.54, 1.807) is 0 Å². The number of thioether (sulfide) groups is 1. The molecule has 3 atom stereocenters. The topological polar surface area (TPSA) is 52.6 Å². The highest BCUT2D eigenvalue weighted by Crippen LogP contribution is 2.24. The number of aliphatic hydroxyl groups excluding tert-OH is 1. The van der Waals surface area contributed by atoms with Crippen LogP contribution in [-0.2, 0) is 4.79 Å². The predicted octanol–water partition coefficient (Wildman–Crippen LogP) is 0.701. The lowest BCUT2D eigenvalue weighted by Crippen LogP contribution is -2.49. The van der Waals surface area contributed by atoms with Crippen molar-refractivity contribution in [3.05, 3.63) is 0 Å². The second-order valence-corrected chi connectivity index (χ2v) is 6.55. The zero-order valence-electron chi connectivity index (χ0n) is 11.1. The van der Waals surface area contributed by atoms with Crippen LogP contribution in [0.1, 0.15) is 26.2 Å². The van der Waals surface area contributed by atoms with E-state index in [2.05, 4.69) is 10.2 Å². The van der Waals surface area contributed by atoms with Gasteiger partial charge >= 0.3 is 0 Å². The number of rotatable bonds is 4. The summed E-state index contributed by atoms with van der Waals surface area (Å²) in [4.78, 5) is 14.3. The first-order chi connectivity index (χ1) is 8.68. The molecule has 2 fully saturated rings. The smallest absolute Gasteiger partial charge is 0.237 e. The molecular formula is C13H24N2O2S. The van der Waals surface area contributed by atoms with Gasteiger partial charge in [0.1, 0.15) is 0 Å². The standard InChI is InChI=1S/C13H24N2O2S/c1-10(15-5-7-18-8-6-15)13(17)14-9-11-3-2-4-12(11)16/h10-12,16H,2-9H2,1H3,(H,14,17). The number of hydrogen-bond acceptors (Lipinski definition) is 4. The highest BCUT2D eigenvalue weighted by Gasteiger charge is 2.27. The predicted molar refractivity (Wildman–Crippen MR) is 74.7 cm³/mol. The Morgan fingerprint density at radius 3 is 2.78 bits per heavy atom. The monoisotopic (exact) mass is 272 g/mol. The van der Waals surface area contributed by atoms with E-state index in [0.29, 0.717) is 6.54 Å². The van der Waals surface area contributed by atoms with Crippen LogP contribution in [0.5, 0.6) is 0 Å². The van der Waals surface area contributed by atoms with Crippen LogP contribution in [0.2, 0.25) is 0 Å². The molecule has 1 aliphatic heterocycles. The zero-order chi connectivity index (χ0) is 13.0. The Balaban J connectivity index is 1.73. The first-order valence-corrected chi connectivity index (χ1v) is 8.11. The van der Waals surface area contributed by atoms with Gasteiger partial charge in [-0.3, -0.25) is 9.69 Å². The summed E-state index contributed by atoms with van der Waals surface area (Å²) in [5.74, 6) is 2.62. The fourth-order valence-corrected chi connectivity index (χ4v) is 3.70. The Kier molecular flexibility index (Phi) is 5.33. The molecule has 1 amide bonds. The van der Waals surface area contributed by atoms with Crippen molar-refractivity contribution in [1.82, 2.24) is 10.2 Å². The van der Waals surface area contributed by atoms with Gasteiger partial charge in [-0.25, -0.2) is 0 Å². The van der Waals surface area contributed by atoms with E-state index in [1.807, 2.05) is 18.7 Å². The summed E-state index contributed by atoms with van der Waals surface area (Å²) in [6.45, 7) is 4.62.